The first-order chi connectivity index (χ1) is 25.5. The molecular formula is C46H88O6. The summed E-state index contributed by atoms with van der Waals surface area (Å²) in [4.78, 5) is 38.3. The molecule has 0 heterocycles. The monoisotopic (exact) mass is 737 g/mol. The summed E-state index contributed by atoms with van der Waals surface area (Å²) < 4.78 is 17.8. The zero-order valence-electron chi connectivity index (χ0n) is 35.3. The topological polar surface area (TPSA) is 78.9 Å². The summed E-state index contributed by atoms with van der Waals surface area (Å²) in [5, 5.41) is 0. The summed E-state index contributed by atoms with van der Waals surface area (Å²) in [5.74, 6) is -0.364. The van der Waals surface area contributed by atoms with Gasteiger partial charge >= 0.3 is 17.9 Å². The van der Waals surface area contributed by atoms with E-state index in [1.165, 1.54) is 103 Å². The molecule has 6 nitrogen and oxygen atoms in total. The van der Waals surface area contributed by atoms with Gasteiger partial charge in [0.2, 0.25) is 0 Å². The fourth-order valence-electron chi connectivity index (χ4n) is 6.96. The molecule has 0 spiro atoms. The van der Waals surface area contributed by atoms with E-state index in [0.29, 0.717) is 32.3 Å². The molecule has 0 aromatic rings. The van der Waals surface area contributed by atoms with Crippen LogP contribution < -0.4 is 0 Å². The van der Waals surface area contributed by atoms with Crippen molar-refractivity contribution in [1.29, 1.82) is 0 Å². The van der Waals surface area contributed by atoms with Crippen molar-refractivity contribution in [2.75, 3.05) is 6.61 Å². The number of hydrogen-bond acceptors (Lipinski definition) is 6. The predicted molar refractivity (Wildman–Crippen MR) is 220 cm³/mol. The van der Waals surface area contributed by atoms with Crippen molar-refractivity contribution in [3.63, 3.8) is 0 Å². The van der Waals surface area contributed by atoms with Crippen molar-refractivity contribution in [3.8, 4) is 0 Å². The number of esters is 3. The summed E-state index contributed by atoms with van der Waals surface area (Å²) in [6.45, 7) is 9.44. The van der Waals surface area contributed by atoms with E-state index in [4.69, 9.17) is 14.2 Å². The molecule has 0 aromatic carbocycles. The van der Waals surface area contributed by atoms with Gasteiger partial charge in [0.15, 0.2) is 0 Å². The molecule has 0 aliphatic carbocycles. The Balaban J connectivity index is 4.74. The van der Waals surface area contributed by atoms with E-state index >= 15 is 0 Å². The van der Waals surface area contributed by atoms with Crippen LogP contribution in [0.25, 0.3) is 0 Å². The molecule has 0 saturated heterocycles. The molecule has 0 aromatic heterocycles. The van der Waals surface area contributed by atoms with Gasteiger partial charge in [-0.15, -0.1) is 0 Å². The highest BCUT2D eigenvalue weighted by atomic mass is 16.6. The molecular weight excluding hydrogens is 649 g/mol. The van der Waals surface area contributed by atoms with Gasteiger partial charge in [-0.2, -0.15) is 0 Å². The maximum absolute atomic E-state index is 13.0. The SMILES string of the molecule is CCCCCCCCCCCCOC(=O)CCCCCCCC(OC(=O)CCCCCCC)C(CCCCCCCC)OC(=O)CCCCCCC. The maximum Gasteiger partial charge on any atom is 0.306 e. The van der Waals surface area contributed by atoms with Gasteiger partial charge in [0, 0.05) is 19.3 Å². The van der Waals surface area contributed by atoms with E-state index in [2.05, 4.69) is 27.7 Å². The highest BCUT2D eigenvalue weighted by Crippen LogP contribution is 2.23. The molecule has 6 heteroatoms. The lowest BCUT2D eigenvalue weighted by molar-refractivity contribution is -0.169. The molecule has 0 N–H and O–H groups in total. The number of hydrogen-bond donors (Lipinski definition) is 0. The third kappa shape index (κ3) is 35.4. The first-order valence-electron chi connectivity index (χ1n) is 23.0. The van der Waals surface area contributed by atoms with Gasteiger partial charge in [-0.3, -0.25) is 14.4 Å². The molecule has 0 aliphatic heterocycles. The minimum absolute atomic E-state index is 0.0673. The van der Waals surface area contributed by atoms with Gasteiger partial charge in [0.1, 0.15) is 12.2 Å². The first-order valence-corrected chi connectivity index (χ1v) is 23.0. The third-order valence-corrected chi connectivity index (χ3v) is 10.4. The van der Waals surface area contributed by atoms with Crippen LogP contribution in [0.4, 0.5) is 0 Å². The second-order valence-corrected chi connectivity index (χ2v) is 15.7. The van der Waals surface area contributed by atoms with Crippen molar-refractivity contribution in [2.45, 2.75) is 271 Å². The second kappa shape index (κ2) is 40.6. The number of carbonyl (C=O) groups excluding carboxylic acids is 3. The van der Waals surface area contributed by atoms with E-state index in [9.17, 15) is 14.4 Å². The van der Waals surface area contributed by atoms with Crippen LogP contribution in [0.2, 0.25) is 0 Å². The van der Waals surface area contributed by atoms with Crippen LogP contribution in [-0.4, -0.2) is 36.7 Å². The van der Waals surface area contributed by atoms with E-state index in [-0.39, 0.29) is 30.1 Å². The smallest absolute Gasteiger partial charge is 0.306 e. The number of rotatable bonds is 41. The molecule has 2 unspecified atom stereocenters. The lowest BCUT2D eigenvalue weighted by Crippen LogP contribution is -2.35. The fraction of sp³-hybridized carbons (Fsp3) is 0.935. The van der Waals surface area contributed by atoms with E-state index in [0.717, 1.165) is 103 Å². The van der Waals surface area contributed by atoms with Gasteiger partial charge in [-0.25, -0.2) is 0 Å². The average molecular weight is 737 g/mol. The Morgan fingerprint density at radius 1 is 0.327 bits per heavy atom. The maximum atomic E-state index is 13.0. The van der Waals surface area contributed by atoms with Crippen LogP contribution in [0.5, 0.6) is 0 Å². The van der Waals surface area contributed by atoms with Crippen molar-refractivity contribution in [1.82, 2.24) is 0 Å². The molecule has 2 atom stereocenters. The Morgan fingerprint density at radius 2 is 0.596 bits per heavy atom. The second-order valence-electron chi connectivity index (χ2n) is 15.7. The molecule has 308 valence electrons. The highest BCUT2D eigenvalue weighted by Gasteiger charge is 2.28. The van der Waals surface area contributed by atoms with Crippen LogP contribution >= 0.6 is 0 Å². The number of unbranched alkanes of at least 4 members (excludes halogenated alkanes) is 26. The summed E-state index contributed by atoms with van der Waals surface area (Å²) >= 11 is 0. The Bertz CT molecular complexity index is 783. The minimum Gasteiger partial charge on any atom is -0.466 e. The molecule has 0 fully saturated rings. The average Bonchev–Trinajstić information content (AvgIpc) is 3.13. The lowest BCUT2D eigenvalue weighted by atomic mass is 9.99. The first kappa shape index (κ1) is 50.4. The molecule has 0 saturated carbocycles. The minimum atomic E-state index is -0.386. The summed E-state index contributed by atoms with van der Waals surface area (Å²) in [6, 6.07) is 0. The van der Waals surface area contributed by atoms with Crippen molar-refractivity contribution in [3.05, 3.63) is 0 Å². The standard InChI is InChI=1S/C46H88O6/c1-5-9-13-17-19-20-21-22-29-35-41-50-44(47)38-32-28-23-27-31-37-43(52-46(49)40-34-25-16-12-8-4)42(36-30-26-18-14-10-6-2)51-45(48)39-33-24-15-11-7-3/h42-43H,5-41H2,1-4H3. The van der Waals surface area contributed by atoms with E-state index in [1.54, 1.807) is 0 Å². The molecule has 0 amide bonds. The van der Waals surface area contributed by atoms with Crippen molar-refractivity contribution >= 4 is 17.9 Å². The molecule has 0 radical (unpaired) electrons. The van der Waals surface area contributed by atoms with Crippen LogP contribution in [0.1, 0.15) is 259 Å². The normalized spacial score (nSPS) is 12.5. The van der Waals surface area contributed by atoms with Crippen molar-refractivity contribution < 1.29 is 28.6 Å². The summed E-state index contributed by atoms with van der Waals surface area (Å²) in [5.41, 5.74) is 0. The van der Waals surface area contributed by atoms with Crippen molar-refractivity contribution in [2.24, 2.45) is 0 Å². The molecule has 52 heavy (non-hydrogen) atoms. The molecule has 0 aliphatic rings. The van der Waals surface area contributed by atoms with Crippen LogP contribution in [0.15, 0.2) is 0 Å². The quantitative estimate of drug-likeness (QED) is 0.0353. The van der Waals surface area contributed by atoms with E-state index in [1.807, 2.05) is 0 Å². The van der Waals surface area contributed by atoms with E-state index < -0.39 is 0 Å². The van der Waals surface area contributed by atoms with Gasteiger partial charge in [-0.05, 0) is 51.4 Å². The van der Waals surface area contributed by atoms with Crippen LogP contribution in [0.3, 0.4) is 0 Å². The summed E-state index contributed by atoms with van der Waals surface area (Å²) in [6.07, 6.45) is 37.6. The Morgan fingerprint density at radius 3 is 0.942 bits per heavy atom. The van der Waals surface area contributed by atoms with Gasteiger partial charge < -0.3 is 14.2 Å². The zero-order valence-corrected chi connectivity index (χ0v) is 35.3. The molecule has 0 rings (SSSR count). The number of carbonyl (C=O) groups is 3. The third-order valence-electron chi connectivity index (χ3n) is 10.4. The molecule has 0 bridgehead atoms. The van der Waals surface area contributed by atoms with Crippen LogP contribution in [-0.2, 0) is 28.6 Å². The Labute approximate surface area is 323 Å². The zero-order chi connectivity index (χ0) is 38.2. The number of ether oxygens (including phenoxy) is 3. The Kier molecular flexibility index (Phi) is 39.4. The summed E-state index contributed by atoms with van der Waals surface area (Å²) in [7, 11) is 0. The fourth-order valence-corrected chi connectivity index (χ4v) is 6.96. The largest absolute Gasteiger partial charge is 0.466 e. The van der Waals surface area contributed by atoms with Gasteiger partial charge in [-0.1, -0.05) is 188 Å². The highest BCUT2D eigenvalue weighted by molar-refractivity contribution is 5.70. The van der Waals surface area contributed by atoms with Gasteiger partial charge in [0.05, 0.1) is 6.61 Å². The lowest BCUT2D eigenvalue weighted by Gasteiger charge is -2.27. The van der Waals surface area contributed by atoms with Gasteiger partial charge in [0.25, 0.3) is 0 Å². The Hall–Kier alpha value is -1.59. The van der Waals surface area contributed by atoms with Crippen LogP contribution in [0, 0.1) is 0 Å². The predicted octanol–water partition coefficient (Wildman–Crippen LogP) is 14.5.